The SMILES string of the molecule is CCCCOc1ccccc1C(=O)NS(C)(=O)=O. The Morgan fingerprint density at radius 3 is 2.61 bits per heavy atom. The van der Waals surface area contributed by atoms with Crippen LogP contribution in [0.2, 0.25) is 0 Å². The number of hydrogen-bond acceptors (Lipinski definition) is 4. The van der Waals surface area contributed by atoms with Crippen molar-refractivity contribution in [2.75, 3.05) is 12.9 Å². The van der Waals surface area contributed by atoms with E-state index in [1.807, 2.05) is 11.6 Å². The molecular formula is C12H17NO4S. The molecule has 0 bridgehead atoms. The molecule has 0 aromatic heterocycles. The van der Waals surface area contributed by atoms with Crippen molar-refractivity contribution < 1.29 is 17.9 Å². The first-order valence-corrected chi connectivity index (χ1v) is 7.57. The van der Waals surface area contributed by atoms with E-state index in [9.17, 15) is 13.2 Å². The van der Waals surface area contributed by atoms with Crippen LogP contribution in [-0.4, -0.2) is 27.2 Å². The Bertz CT molecular complexity index is 511. The molecule has 0 unspecified atom stereocenters. The topological polar surface area (TPSA) is 72.5 Å². The zero-order valence-corrected chi connectivity index (χ0v) is 11.3. The maximum atomic E-state index is 11.7. The van der Waals surface area contributed by atoms with Gasteiger partial charge in [0, 0.05) is 0 Å². The van der Waals surface area contributed by atoms with Crippen LogP contribution in [0.25, 0.3) is 0 Å². The number of hydrogen-bond donors (Lipinski definition) is 1. The molecule has 0 saturated carbocycles. The van der Waals surface area contributed by atoms with Crippen molar-refractivity contribution >= 4 is 15.9 Å². The minimum Gasteiger partial charge on any atom is -0.493 e. The first-order chi connectivity index (χ1) is 8.44. The quantitative estimate of drug-likeness (QED) is 0.797. The Morgan fingerprint density at radius 1 is 1.33 bits per heavy atom. The fourth-order valence-corrected chi connectivity index (χ4v) is 1.78. The first kappa shape index (κ1) is 14.5. The lowest BCUT2D eigenvalue weighted by Gasteiger charge is -2.10. The fraction of sp³-hybridized carbons (Fsp3) is 0.417. The van der Waals surface area contributed by atoms with Crippen LogP contribution in [0.15, 0.2) is 24.3 Å². The second kappa shape index (κ2) is 6.39. The summed E-state index contributed by atoms with van der Waals surface area (Å²) in [5.74, 6) is -0.281. The lowest BCUT2D eigenvalue weighted by Crippen LogP contribution is -2.29. The average molecular weight is 271 g/mol. The van der Waals surface area contributed by atoms with Gasteiger partial charge in [-0.05, 0) is 18.6 Å². The van der Waals surface area contributed by atoms with Crippen LogP contribution in [-0.2, 0) is 10.0 Å². The zero-order chi connectivity index (χ0) is 13.6. The molecular weight excluding hydrogens is 254 g/mol. The van der Waals surface area contributed by atoms with Crippen molar-refractivity contribution in [3.8, 4) is 5.75 Å². The van der Waals surface area contributed by atoms with Crippen molar-refractivity contribution in [2.24, 2.45) is 0 Å². The van der Waals surface area contributed by atoms with Gasteiger partial charge in [0.2, 0.25) is 10.0 Å². The normalized spacial score (nSPS) is 11.0. The number of nitrogens with one attached hydrogen (secondary N) is 1. The molecule has 0 atom stereocenters. The Labute approximate surface area is 107 Å². The number of benzene rings is 1. The van der Waals surface area contributed by atoms with Crippen molar-refractivity contribution in [1.82, 2.24) is 4.72 Å². The molecule has 100 valence electrons. The molecule has 6 heteroatoms. The number of ether oxygens (including phenoxy) is 1. The van der Waals surface area contributed by atoms with Gasteiger partial charge in [-0.15, -0.1) is 0 Å². The molecule has 0 radical (unpaired) electrons. The number of sulfonamides is 1. The number of para-hydroxylation sites is 1. The molecule has 0 aliphatic rings. The van der Waals surface area contributed by atoms with Gasteiger partial charge in [0.15, 0.2) is 0 Å². The van der Waals surface area contributed by atoms with Gasteiger partial charge >= 0.3 is 0 Å². The lowest BCUT2D eigenvalue weighted by atomic mass is 10.2. The van der Waals surface area contributed by atoms with Crippen LogP contribution in [0.1, 0.15) is 30.1 Å². The van der Waals surface area contributed by atoms with E-state index in [-0.39, 0.29) is 5.56 Å². The Morgan fingerprint density at radius 2 is 2.00 bits per heavy atom. The summed E-state index contributed by atoms with van der Waals surface area (Å²) in [4.78, 5) is 11.7. The van der Waals surface area contributed by atoms with Gasteiger partial charge in [-0.25, -0.2) is 13.1 Å². The second-order valence-electron chi connectivity index (χ2n) is 3.90. The van der Waals surface area contributed by atoms with Crippen LogP contribution in [0, 0.1) is 0 Å². The van der Waals surface area contributed by atoms with Gasteiger partial charge in [0.05, 0.1) is 18.4 Å². The van der Waals surface area contributed by atoms with Gasteiger partial charge in [-0.2, -0.15) is 0 Å². The van der Waals surface area contributed by atoms with Crippen LogP contribution in [0.3, 0.4) is 0 Å². The molecule has 1 rings (SSSR count). The van der Waals surface area contributed by atoms with Gasteiger partial charge in [0.25, 0.3) is 5.91 Å². The molecule has 0 saturated heterocycles. The van der Waals surface area contributed by atoms with E-state index >= 15 is 0 Å². The predicted octanol–water partition coefficient (Wildman–Crippen LogP) is 1.55. The largest absolute Gasteiger partial charge is 0.493 e. The number of carbonyl (C=O) groups is 1. The maximum absolute atomic E-state index is 11.7. The Balaban J connectivity index is 2.84. The molecule has 0 aliphatic carbocycles. The summed E-state index contributed by atoms with van der Waals surface area (Å²) in [6, 6.07) is 6.57. The molecule has 1 N–H and O–H groups in total. The van der Waals surface area contributed by atoms with Gasteiger partial charge in [-0.3, -0.25) is 4.79 Å². The predicted molar refractivity (Wildman–Crippen MR) is 69.2 cm³/mol. The highest BCUT2D eigenvalue weighted by molar-refractivity contribution is 7.89. The van der Waals surface area contributed by atoms with Crippen LogP contribution in [0.4, 0.5) is 0 Å². The van der Waals surface area contributed by atoms with Crippen LogP contribution >= 0.6 is 0 Å². The number of rotatable bonds is 6. The number of unbranched alkanes of at least 4 members (excludes halogenated alkanes) is 1. The third-order valence-electron chi connectivity index (χ3n) is 2.17. The zero-order valence-electron chi connectivity index (χ0n) is 10.5. The number of carbonyl (C=O) groups excluding carboxylic acids is 1. The third-order valence-corrected chi connectivity index (χ3v) is 2.72. The van der Waals surface area contributed by atoms with Crippen LogP contribution in [0.5, 0.6) is 5.75 Å². The van der Waals surface area contributed by atoms with Crippen molar-refractivity contribution in [2.45, 2.75) is 19.8 Å². The van der Waals surface area contributed by atoms with E-state index in [0.29, 0.717) is 12.4 Å². The standard InChI is InChI=1S/C12H17NO4S/c1-3-4-9-17-11-8-6-5-7-10(11)12(14)13-18(2,15)16/h5-8H,3-4,9H2,1-2H3,(H,13,14). The average Bonchev–Trinajstić information content (AvgIpc) is 2.27. The molecule has 0 spiro atoms. The highest BCUT2D eigenvalue weighted by atomic mass is 32.2. The third kappa shape index (κ3) is 4.75. The minimum absolute atomic E-state index is 0.221. The van der Waals surface area contributed by atoms with E-state index in [0.717, 1.165) is 19.1 Å². The molecule has 0 aliphatic heterocycles. The molecule has 1 amide bonds. The summed E-state index contributed by atoms with van der Waals surface area (Å²) in [7, 11) is -3.57. The highest BCUT2D eigenvalue weighted by Gasteiger charge is 2.15. The summed E-state index contributed by atoms with van der Waals surface area (Å²) in [5.41, 5.74) is 0.221. The Hall–Kier alpha value is -1.56. The smallest absolute Gasteiger partial charge is 0.268 e. The summed E-state index contributed by atoms with van der Waals surface area (Å²) in [6.45, 7) is 2.53. The second-order valence-corrected chi connectivity index (χ2v) is 5.65. The lowest BCUT2D eigenvalue weighted by molar-refractivity contribution is 0.0977. The van der Waals surface area contributed by atoms with Crippen LogP contribution < -0.4 is 9.46 Å². The highest BCUT2D eigenvalue weighted by Crippen LogP contribution is 2.18. The fourth-order valence-electron chi connectivity index (χ4n) is 1.33. The molecule has 18 heavy (non-hydrogen) atoms. The van der Waals surface area contributed by atoms with E-state index in [2.05, 4.69) is 0 Å². The van der Waals surface area contributed by atoms with E-state index < -0.39 is 15.9 Å². The maximum Gasteiger partial charge on any atom is 0.268 e. The molecule has 1 aromatic carbocycles. The van der Waals surface area contributed by atoms with E-state index in [4.69, 9.17) is 4.74 Å². The molecule has 1 aromatic rings. The first-order valence-electron chi connectivity index (χ1n) is 5.68. The summed E-state index contributed by atoms with van der Waals surface area (Å²) in [6.07, 6.45) is 2.80. The minimum atomic E-state index is -3.57. The van der Waals surface area contributed by atoms with E-state index in [1.54, 1.807) is 18.2 Å². The summed E-state index contributed by atoms with van der Waals surface area (Å²) in [5, 5.41) is 0. The molecule has 0 fully saturated rings. The Kier molecular flexibility index (Phi) is 5.15. The van der Waals surface area contributed by atoms with Crippen molar-refractivity contribution in [1.29, 1.82) is 0 Å². The van der Waals surface area contributed by atoms with Crippen molar-refractivity contribution in [3.05, 3.63) is 29.8 Å². The summed E-state index contributed by atoms with van der Waals surface area (Å²) >= 11 is 0. The molecule has 0 heterocycles. The van der Waals surface area contributed by atoms with Gasteiger partial charge < -0.3 is 4.74 Å². The van der Waals surface area contributed by atoms with Crippen molar-refractivity contribution in [3.63, 3.8) is 0 Å². The molecule has 5 nitrogen and oxygen atoms in total. The van der Waals surface area contributed by atoms with Gasteiger partial charge in [0.1, 0.15) is 5.75 Å². The summed E-state index contributed by atoms with van der Waals surface area (Å²) < 4.78 is 29.4. The number of amides is 1. The monoisotopic (exact) mass is 271 g/mol. The van der Waals surface area contributed by atoms with Gasteiger partial charge in [-0.1, -0.05) is 25.5 Å². The van der Waals surface area contributed by atoms with E-state index in [1.165, 1.54) is 6.07 Å².